The highest BCUT2D eigenvalue weighted by Gasteiger charge is 2.15. The van der Waals surface area contributed by atoms with Gasteiger partial charge in [0.15, 0.2) is 6.61 Å². The molecule has 3 aromatic carbocycles. The summed E-state index contributed by atoms with van der Waals surface area (Å²) < 4.78 is 32.9. The summed E-state index contributed by atoms with van der Waals surface area (Å²) in [5, 5.41) is 2.73. The van der Waals surface area contributed by atoms with Crippen LogP contribution in [0.25, 0.3) is 0 Å². The predicted octanol–water partition coefficient (Wildman–Crippen LogP) is 3.21. The van der Waals surface area contributed by atoms with Crippen LogP contribution in [0.1, 0.15) is 10.4 Å². The maximum absolute atomic E-state index is 12.5. The van der Waals surface area contributed by atoms with Crippen LogP contribution in [0.4, 0.5) is 11.4 Å². The molecule has 0 atom stereocenters. The molecule has 0 unspecified atom stereocenters. The smallest absolute Gasteiger partial charge is 0.261 e. The molecule has 0 saturated carbocycles. The van der Waals surface area contributed by atoms with Gasteiger partial charge in [0.1, 0.15) is 5.75 Å². The number of sulfonamides is 1. The van der Waals surface area contributed by atoms with Crippen LogP contribution >= 0.6 is 0 Å². The van der Waals surface area contributed by atoms with Crippen molar-refractivity contribution in [2.45, 2.75) is 4.90 Å². The van der Waals surface area contributed by atoms with Crippen molar-refractivity contribution < 1.29 is 22.7 Å². The molecule has 166 valence electrons. The zero-order valence-electron chi connectivity index (χ0n) is 17.6. The highest BCUT2D eigenvalue weighted by molar-refractivity contribution is 7.92. The summed E-state index contributed by atoms with van der Waals surface area (Å²) in [5.41, 5.74) is 1.29. The molecule has 0 aliphatic heterocycles. The van der Waals surface area contributed by atoms with Crippen LogP contribution in [0.15, 0.2) is 83.8 Å². The minimum Gasteiger partial charge on any atom is -0.484 e. The number of rotatable bonds is 8. The first-order valence-electron chi connectivity index (χ1n) is 9.67. The van der Waals surface area contributed by atoms with E-state index in [4.69, 9.17) is 4.74 Å². The fraction of sp³-hybridized carbons (Fsp3) is 0.130. The largest absolute Gasteiger partial charge is 0.484 e. The van der Waals surface area contributed by atoms with Crippen molar-refractivity contribution in [3.8, 4) is 5.75 Å². The fourth-order valence-corrected chi connectivity index (χ4v) is 3.68. The topological polar surface area (TPSA) is 105 Å². The van der Waals surface area contributed by atoms with Gasteiger partial charge in [-0.05, 0) is 60.7 Å². The third kappa shape index (κ3) is 6.08. The number of amides is 2. The summed E-state index contributed by atoms with van der Waals surface area (Å²) in [6, 6.07) is 20.8. The molecule has 0 heterocycles. The summed E-state index contributed by atoms with van der Waals surface area (Å²) in [5.74, 6) is -0.0492. The normalized spacial score (nSPS) is 10.8. The average Bonchev–Trinajstić information content (AvgIpc) is 2.78. The van der Waals surface area contributed by atoms with Crippen LogP contribution in [0.5, 0.6) is 5.75 Å². The first kappa shape index (κ1) is 22.8. The summed E-state index contributed by atoms with van der Waals surface area (Å²) in [6.45, 7) is -0.0763. The lowest BCUT2D eigenvalue weighted by molar-refractivity contribution is -0.130. The van der Waals surface area contributed by atoms with E-state index in [9.17, 15) is 18.0 Å². The van der Waals surface area contributed by atoms with Gasteiger partial charge in [-0.2, -0.15) is 0 Å². The zero-order valence-corrected chi connectivity index (χ0v) is 18.4. The first-order valence-corrected chi connectivity index (χ1v) is 11.2. The van der Waals surface area contributed by atoms with Gasteiger partial charge in [-0.25, -0.2) is 8.42 Å². The van der Waals surface area contributed by atoms with Gasteiger partial charge in [-0.15, -0.1) is 0 Å². The van der Waals surface area contributed by atoms with E-state index in [1.807, 2.05) is 0 Å². The zero-order chi connectivity index (χ0) is 23.1. The molecule has 0 aromatic heterocycles. The monoisotopic (exact) mass is 453 g/mol. The Hall–Kier alpha value is -3.85. The molecule has 32 heavy (non-hydrogen) atoms. The number of carbonyl (C=O) groups is 2. The van der Waals surface area contributed by atoms with Crippen LogP contribution in [0, 0.1) is 0 Å². The number of para-hydroxylation sites is 1. The molecular weight excluding hydrogens is 430 g/mol. The Morgan fingerprint density at radius 1 is 0.844 bits per heavy atom. The van der Waals surface area contributed by atoms with Crippen molar-refractivity contribution in [2.75, 3.05) is 30.7 Å². The lowest BCUT2D eigenvalue weighted by Gasteiger charge is -2.12. The number of anilines is 2. The predicted molar refractivity (Wildman–Crippen MR) is 122 cm³/mol. The maximum Gasteiger partial charge on any atom is 0.261 e. The van der Waals surface area contributed by atoms with E-state index < -0.39 is 10.0 Å². The number of hydrogen-bond donors (Lipinski definition) is 2. The molecule has 0 bridgehead atoms. The van der Waals surface area contributed by atoms with Crippen LogP contribution in [-0.4, -0.2) is 45.8 Å². The minimum atomic E-state index is -3.76. The van der Waals surface area contributed by atoms with Gasteiger partial charge >= 0.3 is 0 Å². The molecule has 0 aliphatic rings. The van der Waals surface area contributed by atoms with Crippen molar-refractivity contribution >= 4 is 33.2 Å². The lowest BCUT2D eigenvalue weighted by Crippen LogP contribution is -2.27. The number of ether oxygens (including phenoxy) is 1. The Morgan fingerprint density at radius 2 is 1.47 bits per heavy atom. The molecule has 0 saturated heterocycles. The second-order valence-electron chi connectivity index (χ2n) is 7.05. The molecule has 3 rings (SSSR count). The number of nitrogens with one attached hydrogen (secondary N) is 2. The molecule has 2 amide bonds. The Morgan fingerprint density at radius 3 is 2.06 bits per heavy atom. The molecule has 3 aromatic rings. The van der Waals surface area contributed by atoms with Gasteiger partial charge in [0.2, 0.25) is 0 Å². The molecule has 2 N–H and O–H groups in total. The average molecular weight is 454 g/mol. The van der Waals surface area contributed by atoms with Crippen LogP contribution in [0.2, 0.25) is 0 Å². The van der Waals surface area contributed by atoms with E-state index in [0.29, 0.717) is 22.7 Å². The maximum atomic E-state index is 12.5. The molecule has 8 nitrogen and oxygen atoms in total. The Balaban J connectivity index is 1.60. The molecule has 0 spiro atoms. The van der Waals surface area contributed by atoms with Crippen molar-refractivity contribution in [3.63, 3.8) is 0 Å². The van der Waals surface area contributed by atoms with Gasteiger partial charge in [0.05, 0.1) is 4.90 Å². The molecule has 0 radical (unpaired) electrons. The SMILES string of the molecule is CN(C)C(=O)COc1ccc(NC(=O)c2ccc(S(=O)(=O)Nc3ccccc3)cc2)cc1. The van der Waals surface area contributed by atoms with E-state index in [2.05, 4.69) is 10.0 Å². The fourth-order valence-electron chi connectivity index (χ4n) is 2.62. The molecule has 9 heteroatoms. The summed E-state index contributed by atoms with van der Waals surface area (Å²) in [4.78, 5) is 25.5. The third-order valence-corrected chi connectivity index (χ3v) is 5.82. The second kappa shape index (κ2) is 9.97. The van der Waals surface area contributed by atoms with Gasteiger partial charge in [0.25, 0.3) is 21.8 Å². The van der Waals surface area contributed by atoms with E-state index in [-0.39, 0.29) is 23.3 Å². The van der Waals surface area contributed by atoms with Gasteiger partial charge in [-0.3, -0.25) is 14.3 Å². The van der Waals surface area contributed by atoms with E-state index in [1.54, 1.807) is 68.7 Å². The quantitative estimate of drug-likeness (QED) is 0.545. The first-order chi connectivity index (χ1) is 15.2. The molecule has 0 aliphatic carbocycles. The number of likely N-dealkylation sites (N-methyl/N-ethyl adjacent to an activating group) is 1. The lowest BCUT2D eigenvalue weighted by atomic mass is 10.2. The van der Waals surface area contributed by atoms with Gasteiger partial charge < -0.3 is 15.0 Å². The molecule has 0 fully saturated rings. The number of hydrogen-bond acceptors (Lipinski definition) is 5. The van der Waals surface area contributed by atoms with E-state index in [0.717, 1.165) is 0 Å². The van der Waals surface area contributed by atoms with Crippen molar-refractivity contribution in [1.82, 2.24) is 4.90 Å². The van der Waals surface area contributed by atoms with Gasteiger partial charge in [0, 0.05) is 31.0 Å². The standard InChI is InChI=1S/C23H23N3O5S/c1-26(2)22(27)16-31-20-12-10-18(11-13-20)24-23(28)17-8-14-21(15-9-17)32(29,30)25-19-6-4-3-5-7-19/h3-15,25H,16H2,1-2H3,(H,24,28). The van der Waals surface area contributed by atoms with Crippen molar-refractivity contribution in [3.05, 3.63) is 84.4 Å². The highest BCUT2D eigenvalue weighted by atomic mass is 32.2. The van der Waals surface area contributed by atoms with Crippen molar-refractivity contribution in [1.29, 1.82) is 0 Å². The van der Waals surface area contributed by atoms with E-state index in [1.165, 1.54) is 29.2 Å². The van der Waals surface area contributed by atoms with Crippen LogP contribution in [-0.2, 0) is 14.8 Å². The number of nitrogens with zero attached hydrogens (tertiary/aromatic N) is 1. The minimum absolute atomic E-state index is 0.0478. The third-order valence-electron chi connectivity index (χ3n) is 4.43. The highest BCUT2D eigenvalue weighted by Crippen LogP contribution is 2.19. The van der Waals surface area contributed by atoms with Crippen LogP contribution in [0.3, 0.4) is 0 Å². The Kier molecular flexibility index (Phi) is 7.11. The van der Waals surface area contributed by atoms with Gasteiger partial charge in [-0.1, -0.05) is 18.2 Å². The van der Waals surface area contributed by atoms with Crippen LogP contribution < -0.4 is 14.8 Å². The number of benzene rings is 3. The second-order valence-corrected chi connectivity index (χ2v) is 8.73. The number of carbonyl (C=O) groups excluding carboxylic acids is 2. The summed E-state index contributed by atoms with van der Waals surface area (Å²) in [7, 11) is -0.469. The Bertz CT molecular complexity index is 1180. The summed E-state index contributed by atoms with van der Waals surface area (Å²) >= 11 is 0. The molecular formula is C23H23N3O5S. The summed E-state index contributed by atoms with van der Waals surface area (Å²) in [6.07, 6.45) is 0. The van der Waals surface area contributed by atoms with Crippen molar-refractivity contribution in [2.24, 2.45) is 0 Å². The van der Waals surface area contributed by atoms with E-state index >= 15 is 0 Å². The Labute approximate surface area is 186 Å².